The van der Waals surface area contributed by atoms with Crippen molar-refractivity contribution in [2.45, 2.75) is 25.8 Å². The molecule has 0 fully saturated rings. The minimum atomic E-state index is -0.232. The number of nitrogens with one attached hydrogen (secondary N) is 1. The molecule has 0 atom stereocenters. The molecule has 0 aliphatic heterocycles. The highest BCUT2D eigenvalue weighted by molar-refractivity contribution is 5.87. The van der Waals surface area contributed by atoms with Crippen LogP contribution < -0.4 is 11.1 Å². The van der Waals surface area contributed by atoms with Crippen LogP contribution in [0.3, 0.4) is 0 Å². The zero-order valence-corrected chi connectivity index (χ0v) is 7.35. The Kier molecular flexibility index (Phi) is 3.82. The number of carbonyl (C=O) groups excluding carboxylic acids is 1. The van der Waals surface area contributed by atoms with Gasteiger partial charge in [0.2, 0.25) is 5.91 Å². The molecule has 0 aromatic carbocycles. The van der Waals surface area contributed by atoms with Crippen molar-refractivity contribution in [2.75, 3.05) is 7.05 Å². The topological polar surface area (TPSA) is 55.1 Å². The van der Waals surface area contributed by atoms with Gasteiger partial charge in [-0.15, -0.1) is 0 Å². The summed E-state index contributed by atoms with van der Waals surface area (Å²) in [6, 6.07) is 0. The van der Waals surface area contributed by atoms with Crippen LogP contribution in [0.1, 0.15) is 20.3 Å². The van der Waals surface area contributed by atoms with E-state index in [1.807, 2.05) is 13.8 Å². The SMILES string of the molecule is CNC(=O)/C=C/CC(C)(C)N. The lowest BCUT2D eigenvalue weighted by atomic mass is 10.0. The summed E-state index contributed by atoms with van der Waals surface area (Å²) < 4.78 is 0. The molecule has 0 rings (SSSR count). The zero-order valence-electron chi connectivity index (χ0n) is 7.35. The molecule has 0 radical (unpaired) electrons. The summed E-state index contributed by atoms with van der Waals surface area (Å²) in [4.78, 5) is 10.7. The van der Waals surface area contributed by atoms with Gasteiger partial charge in [0.15, 0.2) is 0 Å². The molecule has 3 nitrogen and oxygen atoms in total. The summed E-state index contributed by atoms with van der Waals surface area (Å²) >= 11 is 0. The standard InChI is InChI=1S/C8H16N2O/c1-8(2,9)6-4-5-7(11)10-3/h4-5H,6,9H2,1-3H3,(H,10,11)/b5-4+. The highest BCUT2D eigenvalue weighted by atomic mass is 16.1. The van der Waals surface area contributed by atoms with Crippen molar-refractivity contribution in [3.63, 3.8) is 0 Å². The van der Waals surface area contributed by atoms with Gasteiger partial charge >= 0.3 is 0 Å². The number of rotatable bonds is 3. The first kappa shape index (κ1) is 10.2. The fourth-order valence-corrected chi connectivity index (χ4v) is 0.553. The molecule has 0 aromatic heterocycles. The number of hydrogen-bond donors (Lipinski definition) is 2. The maximum atomic E-state index is 10.7. The molecule has 0 spiro atoms. The van der Waals surface area contributed by atoms with Crippen molar-refractivity contribution < 1.29 is 4.79 Å². The molecule has 11 heavy (non-hydrogen) atoms. The highest BCUT2D eigenvalue weighted by Gasteiger charge is 2.06. The minimum Gasteiger partial charge on any atom is -0.356 e. The van der Waals surface area contributed by atoms with E-state index in [4.69, 9.17) is 5.73 Å². The summed E-state index contributed by atoms with van der Waals surface area (Å²) in [6.07, 6.45) is 3.98. The summed E-state index contributed by atoms with van der Waals surface area (Å²) in [5.74, 6) is -0.0887. The van der Waals surface area contributed by atoms with Gasteiger partial charge in [0, 0.05) is 12.6 Å². The number of likely N-dealkylation sites (N-methyl/N-ethyl adjacent to an activating group) is 1. The average Bonchev–Trinajstić information content (AvgIpc) is 1.85. The van der Waals surface area contributed by atoms with Gasteiger partial charge < -0.3 is 11.1 Å². The van der Waals surface area contributed by atoms with Gasteiger partial charge in [0.1, 0.15) is 0 Å². The molecule has 3 N–H and O–H groups in total. The first-order valence-corrected chi connectivity index (χ1v) is 3.63. The largest absolute Gasteiger partial charge is 0.356 e. The zero-order chi connectivity index (χ0) is 8.91. The van der Waals surface area contributed by atoms with E-state index in [2.05, 4.69) is 5.32 Å². The van der Waals surface area contributed by atoms with Crippen molar-refractivity contribution in [3.8, 4) is 0 Å². The predicted octanol–water partition coefficient (Wildman–Crippen LogP) is 0.416. The van der Waals surface area contributed by atoms with Gasteiger partial charge in [0.05, 0.1) is 0 Å². The lowest BCUT2D eigenvalue weighted by Crippen LogP contribution is -2.30. The molecule has 1 amide bonds. The van der Waals surface area contributed by atoms with E-state index in [0.717, 1.165) is 0 Å². The smallest absolute Gasteiger partial charge is 0.243 e. The van der Waals surface area contributed by atoms with Crippen LogP contribution in [0.2, 0.25) is 0 Å². The molecule has 0 unspecified atom stereocenters. The van der Waals surface area contributed by atoms with Crippen LogP contribution in [0.4, 0.5) is 0 Å². The number of amides is 1. The van der Waals surface area contributed by atoms with E-state index >= 15 is 0 Å². The Balaban J connectivity index is 3.70. The van der Waals surface area contributed by atoms with E-state index < -0.39 is 0 Å². The summed E-state index contributed by atoms with van der Waals surface area (Å²) in [5.41, 5.74) is 5.45. The van der Waals surface area contributed by atoms with E-state index in [-0.39, 0.29) is 11.4 Å². The van der Waals surface area contributed by atoms with Crippen LogP contribution in [0.25, 0.3) is 0 Å². The molecule has 0 heterocycles. The maximum absolute atomic E-state index is 10.7. The lowest BCUT2D eigenvalue weighted by molar-refractivity contribution is -0.116. The average molecular weight is 156 g/mol. The molecule has 64 valence electrons. The summed E-state index contributed by atoms with van der Waals surface area (Å²) in [7, 11) is 1.60. The third-order valence-corrected chi connectivity index (χ3v) is 1.16. The monoisotopic (exact) mass is 156 g/mol. The molecule has 0 saturated carbocycles. The molecule has 3 heteroatoms. The fourth-order valence-electron chi connectivity index (χ4n) is 0.553. The normalized spacial score (nSPS) is 12.0. The fraction of sp³-hybridized carbons (Fsp3) is 0.625. The van der Waals surface area contributed by atoms with Crippen LogP contribution in [-0.2, 0) is 4.79 Å². The first-order chi connectivity index (χ1) is 4.95. The Labute approximate surface area is 67.7 Å². The van der Waals surface area contributed by atoms with Crippen LogP contribution in [0.15, 0.2) is 12.2 Å². The van der Waals surface area contributed by atoms with E-state index in [1.54, 1.807) is 13.1 Å². The van der Waals surface area contributed by atoms with Gasteiger partial charge in [-0.05, 0) is 26.3 Å². The third kappa shape index (κ3) is 7.06. The van der Waals surface area contributed by atoms with Gasteiger partial charge in [-0.3, -0.25) is 4.79 Å². The van der Waals surface area contributed by atoms with Crippen LogP contribution in [0.5, 0.6) is 0 Å². The Morgan fingerprint density at radius 3 is 2.55 bits per heavy atom. The Bertz CT molecular complexity index is 156. The van der Waals surface area contributed by atoms with Crippen molar-refractivity contribution in [2.24, 2.45) is 5.73 Å². The first-order valence-electron chi connectivity index (χ1n) is 3.63. The second-order valence-corrected chi connectivity index (χ2v) is 3.21. The molecular formula is C8H16N2O. The van der Waals surface area contributed by atoms with Crippen molar-refractivity contribution >= 4 is 5.91 Å². The Hall–Kier alpha value is -0.830. The molecule has 0 saturated heterocycles. The highest BCUT2D eigenvalue weighted by Crippen LogP contribution is 2.03. The molecular weight excluding hydrogens is 140 g/mol. The van der Waals surface area contributed by atoms with E-state index in [9.17, 15) is 4.79 Å². The van der Waals surface area contributed by atoms with Crippen molar-refractivity contribution in [3.05, 3.63) is 12.2 Å². The van der Waals surface area contributed by atoms with Crippen LogP contribution >= 0.6 is 0 Å². The predicted molar refractivity (Wildman–Crippen MR) is 46.1 cm³/mol. The molecule has 0 aliphatic rings. The third-order valence-electron chi connectivity index (χ3n) is 1.16. The second-order valence-electron chi connectivity index (χ2n) is 3.21. The van der Waals surface area contributed by atoms with Crippen LogP contribution in [-0.4, -0.2) is 18.5 Å². The van der Waals surface area contributed by atoms with E-state index in [1.165, 1.54) is 6.08 Å². The molecule has 0 aromatic rings. The quantitative estimate of drug-likeness (QED) is 0.582. The lowest BCUT2D eigenvalue weighted by Gasteiger charge is -2.14. The molecule has 0 aliphatic carbocycles. The van der Waals surface area contributed by atoms with Gasteiger partial charge in [-0.2, -0.15) is 0 Å². The van der Waals surface area contributed by atoms with Crippen molar-refractivity contribution in [1.82, 2.24) is 5.32 Å². The maximum Gasteiger partial charge on any atom is 0.243 e. The number of nitrogens with two attached hydrogens (primary N) is 1. The van der Waals surface area contributed by atoms with Crippen LogP contribution in [0, 0.1) is 0 Å². The molecule has 0 bridgehead atoms. The number of hydrogen-bond acceptors (Lipinski definition) is 2. The van der Waals surface area contributed by atoms with Crippen molar-refractivity contribution in [1.29, 1.82) is 0 Å². The Morgan fingerprint density at radius 1 is 1.64 bits per heavy atom. The van der Waals surface area contributed by atoms with Gasteiger partial charge in [-0.1, -0.05) is 6.08 Å². The summed E-state index contributed by atoms with van der Waals surface area (Å²) in [6.45, 7) is 3.84. The Morgan fingerprint density at radius 2 is 2.18 bits per heavy atom. The summed E-state index contributed by atoms with van der Waals surface area (Å²) in [5, 5.41) is 2.48. The van der Waals surface area contributed by atoms with Gasteiger partial charge in [0.25, 0.3) is 0 Å². The minimum absolute atomic E-state index is 0.0887. The second kappa shape index (κ2) is 4.13. The van der Waals surface area contributed by atoms with E-state index in [0.29, 0.717) is 6.42 Å². The number of carbonyl (C=O) groups is 1. The van der Waals surface area contributed by atoms with Gasteiger partial charge in [-0.25, -0.2) is 0 Å².